The number of urea groups is 1. The lowest BCUT2D eigenvalue weighted by atomic mass is 9.92. The lowest BCUT2D eigenvalue weighted by molar-refractivity contribution is 0.0450. The number of nitrogens with one attached hydrogen (secondary N) is 2. The monoisotopic (exact) mass is 306 g/mol. The summed E-state index contributed by atoms with van der Waals surface area (Å²) in [6.45, 7) is 0.0317. The maximum atomic E-state index is 12.3. The van der Waals surface area contributed by atoms with E-state index in [-0.39, 0.29) is 30.8 Å². The van der Waals surface area contributed by atoms with Gasteiger partial charge in [-0.2, -0.15) is 0 Å². The third kappa shape index (κ3) is 4.71. The number of aliphatic hydroxyl groups is 1. The molecule has 2 amide bonds. The van der Waals surface area contributed by atoms with Gasteiger partial charge in [0.1, 0.15) is 0 Å². The normalized spacial score (nSPS) is 22.8. The fraction of sp³-hybridized carbons (Fsp3) is 0.588. The van der Waals surface area contributed by atoms with Gasteiger partial charge in [-0.3, -0.25) is 0 Å². The summed E-state index contributed by atoms with van der Waals surface area (Å²) in [5, 5.41) is 15.2. The van der Waals surface area contributed by atoms with Crippen LogP contribution in [0.3, 0.4) is 0 Å². The Kier molecular flexibility index (Phi) is 6.68. The van der Waals surface area contributed by atoms with Crippen molar-refractivity contribution in [1.82, 2.24) is 10.6 Å². The first-order chi connectivity index (χ1) is 10.7. The lowest BCUT2D eigenvalue weighted by Crippen LogP contribution is -2.50. The highest BCUT2D eigenvalue weighted by atomic mass is 16.5. The van der Waals surface area contributed by atoms with Crippen molar-refractivity contribution in [2.45, 2.75) is 50.3 Å². The van der Waals surface area contributed by atoms with Crippen molar-refractivity contribution in [2.24, 2.45) is 0 Å². The zero-order valence-electron chi connectivity index (χ0n) is 13.1. The smallest absolute Gasteiger partial charge is 0.315 e. The Balaban J connectivity index is 1.93. The van der Waals surface area contributed by atoms with Crippen LogP contribution in [0.1, 0.15) is 43.7 Å². The summed E-state index contributed by atoms with van der Waals surface area (Å²) in [5.74, 6) is 0. The average Bonchev–Trinajstić information content (AvgIpc) is 2.56. The van der Waals surface area contributed by atoms with Gasteiger partial charge in [-0.05, 0) is 24.8 Å². The van der Waals surface area contributed by atoms with Gasteiger partial charge in [-0.1, -0.05) is 43.2 Å². The fourth-order valence-corrected chi connectivity index (χ4v) is 3.05. The first-order valence-electron chi connectivity index (χ1n) is 8.00. The fourth-order valence-electron chi connectivity index (χ4n) is 3.05. The molecule has 0 radical (unpaired) electrons. The zero-order valence-corrected chi connectivity index (χ0v) is 13.1. The van der Waals surface area contributed by atoms with Crippen molar-refractivity contribution in [1.29, 1.82) is 0 Å². The van der Waals surface area contributed by atoms with E-state index >= 15 is 0 Å². The molecule has 0 bridgehead atoms. The predicted octanol–water partition coefficient (Wildman–Crippen LogP) is 2.37. The van der Waals surface area contributed by atoms with Crippen molar-refractivity contribution in [2.75, 3.05) is 13.7 Å². The number of hydrogen-bond donors (Lipinski definition) is 3. The number of hydrogen-bond acceptors (Lipinski definition) is 3. The van der Waals surface area contributed by atoms with Crippen LogP contribution >= 0.6 is 0 Å². The number of carbonyl (C=O) groups excluding carboxylic acids is 1. The molecule has 5 heteroatoms. The van der Waals surface area contributed by atoms with Gasteiger partial charge in [0.25, 0.3) is 0 Å². The summed E-state index contributed by atoms with van der Waals surface area (Å²) < 4.78 is 5.46. The molecule has 1 aromatic carbocycles. The van der Waals surface area contributed by atoms with Crippen molar-refractivity contribution in [3.63, 3.8) is 0 Å². The highest BCUT2D eigenvalue weighted by Crippen LogP contribution is 2.21. The summed E-state index contributed by atoms with van der Waals surface area (Å²) in [6, 6.07) is 9.39. The van der Waals surface area contributed by atoms with E-state index in [4.69, 9.17) is 4.74 Å². The van der Waals surface area contributed by atoms with Gasteiger partial charge in [0, 0.05) is 13.7 Å². The predicted molar refractivity (Wildman–Crippen MR) is 85.6 cm³/mol. The highest BCUT2D eigenvalue weighted by molar-refractivity contribution is 5.74. The Morgan fingerprint density at radius 2 is 2.05 bits per heavy atom. The van der Waals surface area contributed by atoms with Crippen LogP contribution in [0.25, 0.3) is 0 Å². The largest absolute Gasteiger partial charge is 0.396 e. The summed E-state index contributed by atoms with van der Waals surface area (Å²) >= 11 is 0. The topological polar surface area (TPSA) is 70.6 Å². The molecule has 3 N–H and O–H groups in total. The lowest BCUT2D eigenvalue weighted by Gasteiger charge is -2.31. The summed E-state index contributed by atoms with van der Waals surface area (Å²) in [5.41, 5.74) is 0.999. The molecule has 3 atom stereocenters. The SMILES string of the molecule is CO[C@H]1CCCC[C@@H]1NC(=O)N[C@H](CCO)c1ccccc1. The molecular formula is C17H26N2O3. The number of methoxy groups -OCH3 is 1. The molecule has 0 unspecified atom stereocenters. The Morgan fingerprint density at radius 3 is 2.73 bits per heavy atom. The number of rotatable bonds is 6. The van der Waals surface area contributed by atoms with Crippen LogP contribution in [0.4, 0.5) is 4.79 Å². The summed E-state index contributed by atoms with van der Waals surface area (Å²) in [6.07, 6.45) is 4.78. The molecule has 2 rings (SSSR count). The molecule has 1 saturated carbocycles. The quantitative estimate of drug-likeness (QED) is 0.755. The molecule has 1 fully saturated rings. The molecular weight excluding hydrogens is 280 g/mol. The second-order valence-electron chi connectivity index (χ2n) is 5.76. The number of aliphatic hydroxyl groups excluding tert-OH is 1. The van der Waals surface area contributed by atoms with E-state index < -0.39 is 0 Å². The molecule has 0 saturated heterocycles. The maximum absolute atomic E-state index is 12.3. The van der Waals surface area contributed by atoms with Gasteiger partial charge in [0.2, 0.25) is 0 Å². The minimum atomic E-state index is -0.198. The molecule has 1 aliphatic rings. The third-order valence-corrected chi connectivity index (χ3v) is 4.25. The van der Waals surface area contributed by atoms with Crippen molar-refractivity contribution < 1.29 is 14.6 Å². The maximum Gasteiger partial charge on any atom is 0.315 e. The highest BCUT2D eigenvalue weighted by Gasteiger charge is 2.26. The molecule has 0 heterocycles. The van der Waals surface area contributed by atoms with Crippen LogP contribution in [0.15, 0.2) is 30.3 Å². The standard InChI is InChI=1S/C17H26N2O3/c1-22-16-10-6-5-9-15(16)19-17(21)18-14(11-12-20)13-7-3-2-4-8-13/h2-4,7-8,14-16,20H,5-6,9-12H2,1H3,(H2,18,19,21)/t14-,15+,16+/m1/s1. The zero-order chi connectivity index (χ0) is 15.8. The number of ether oxygens (including phenoxy) is 1. The first kappa shape index (κ1) is 16.8. The van der Waals surface area contributed by atoms with E-state index in [9.17, 15) is 9.90 Å². The van der Waals surface area contributed by atoms with E-state index in [1.54, 1.807) is 7.11 Å². The van der Waals surface area contributed by atoms with E-state index in [1.807, 2.05) is 30.3 Å². The Hall–Kier alpha value is -1.59. The molecule has 22 heavy (non-hydrogen) atoms. The third-order valence-electron chi connectivity index (χ3n) is 4.25. The molecule has 122 valence electrons. The molecule has 0 aliphatic heterocycles. The van der Waals surface area contributed by atoms with Crippen LogP contribution in [-0.2, 0) is 4.74 Å². The summed E-state index contributed by atoms with van der Waals surface area (Å²) in [7, 11) is 1.70. The Morgan fingerprint density at radius 1 is 1.32 bits per heavy atom. The minimum Gasteiger partial charge on any atom is -0.396 e. The van der Waals surface area contributed by atoms with Crippen LogP contribution in [0, 0.1) is 0 Å². The van der Waals surface area contributed by atoms with E-state index in [1.165, 1.54) is 0 Å². The molecule has 5 nitrogen and oxygen atoms in total. The van der Waals surface area contributed by atoms with Crippen molar-refractivity contribution >= 4 is 6.03 Å². The van der Waals surface area contributed by atoms with Gasteiger partial charge in [-0.15, -0.1) is 0 Å². The summed E-state index contributed by atoms with van der Waals surface area (Å²) in [4.78, 5) is 12.3. The van der Waals surface area contributed by atoms with Gasteiger partial charge < -0.3 is 20.5 Å². The number of amides is 2. The second-order valence-corrected chi connectivity index (χ2v) is 5.76. The first-order valence-corrected chi connectivity index (χ1v) is 8.00. The number of carbonyl (C=O) groups is 1. The Bertz CT molecular complexity index is 452. The molecule has 1 aliphatic carbocycles. The Labute approximate surface area is 132 Å². The van der Waals surface area contributed by atoms with Crippen LogP contribution in [-0.4, -0.2) is 37.0 Å². The number of benzene rings is 1. The minimum absolute atomic E-state index is 0.0317. The molecule has 0 aromatic heterocycles. The van der Waals surface area contributed by atoms with E-state index in [0.717, 1.165) is 31.2 Å². The average molecular weight is 306 g/mol. The van der Waals surface area contributed by atoms with Gasteiger partial charge >= 0.3 is 6.03 Å². The van der Waals surface area contributed by atoms with E-state index in [0.29, 0.717) is 6.42 Å². The van der Waals surface area contributed by atoms with Crippen LogP contribution in [0.2, 0.25) is 0 Å². The van der Waals surface area contributed by atoms with Gasteiger partial charge in [0.15, 0.2) is 0 Å². The second kappa shape index (κ2) is 8.76. The van der Waals surface area contributed by atoms with Crippen molar-refractivity contribution in [3.05, 3.63) is 35.9 Å². The van der Waals surface area contributed by atoms with E-state index in [2.05, 4.69) is 10.6 Å². The molecule has 1 aromatic rings. The van der Waals surface area contributed by atoms with Gasteiger partial charge in [0.05, 0.1) is 18.2 Å². The van der Waals surface area contributed by atoms with Crippen molar-refractivity contribution in [3.8, 4) is 0 Å². The van der Waals surface area contributed by atoms with Crippen LogP contribution in [0.5, 0.6) is 0 Å². The van der Waals surface area contributed by atoms with Crippen LogP contribution < -0.4 is 10.6 Å². The van der Waals surface area contributed by atoms with Gasteiger partial charge in [-0.25, -0.2) is 4.79 Å². The molecule has 0 spiro atoms.